The second-order valence-electron chi connectivity index (χ2n) is 7.42. The number of amides is 2. The molecule has 1 aromatic carbocycles. The molecule has 150 valence electrons. The number of hydrogen-bond acceptors (Lipinski definition) is 4. The molecule has 0 bridgehead atoms. The van der Waals surface area contributed by atoms with Gasteiger partial charge in [0, 0.05) is 19.2 Å². The highest BCUT2D eigenvalue weighted by Gasteiger charge is 2.29. The van der Waals surface area contributed by atoms with Crippen LogP contribution in [0.3, 0.4) is 0 Å². The summed E-state index contributed by atoms with van der Waals surface area (Å²) >= 11 is 1.44. The Kier molecular flexibility index (Phi) is 5.76. The van der Waals surface area contributed by atoms with Crippen molar-refractivity contribution in [2.45, 2.75) is 26.3 Å². The molecule has 6 nitrogen and oxygen atoms in total. The Morgan fingerprint density at radius 1 is 1.24 bits per heavy atom. The molecule has 3 heterocycles. The number of piperidine rings is 1. The van der Waals surface area contributed by atoms with Crippen LogP contribution in [0.15, 0.2) is 54.0 Å². The molecule has 29 heavy (non-hydrogen) atoms. The largest absolute Gasteiger partial charge is 0.337 e. The van der Waals surface area contributed by atoms with Gasteiger partial charge in [0.25, 0.3) is 5.91 Å². The van der Waals surface area contributed by atoms with Gasteiger partial charge >= 0.3 is 0 Å². The normalized spacial score (nSPS) is 16.6. The van der Waals surface area contributed by atoms with E-state index >= 15 is 0 Å². The molecular weight excluding hydrogens is 384 g/mol. The van der Waals surface area contributed by atoms with E-state index in [0.29, 0.717) is 25.5 Å². The fourth-order valence-corrected chi connectivity index (χ4v) is 4.40. The third kappa shape index (κ3) is 4.56. The molecular formula is C22H24N4O2S. The number of hydrogen-bond donors (Lipinski definition) is 1. The minimum Gasteiger partial charge on any atom is -0.337 e. The van der Waals surface area contributed by atoms with Gasteiger partial charge in [0.15, 0.2) is 0 Å². The van der Waals surface area contributed by atoms with Crippen LogP contribution in [0.1, 0.15) is 33.6 Å². The molecule has 0 aliphatic carbocycles. The fourth-order valence-electron chi connectivity index (χ4n) is 3.71. The zero-order valence-electron chi connectivity index (χ0n) is 16.4. The maximum atomic E-state index is 12.9. The first-order chi connectivity index (χ1) is 14.1. The number of carbonyl (C=O) groups excluding carboxylic acids is 2. The molecule has 2 amide bonds. The van der Waals surface area contributed by atoms with Crippen molar-refractivity contribution in [1.82, 2.24) is 14.7 Å². The Labute approximate surface area is 174 Å². The summed E-state index contributed by atoms with van der Waals surface area (Å²) < 4.78 is 1.80. The maximum Gasteiger partial charge on any atom is 0.263 e. The van der Waals surface area contributed by atoms with Gasteiger partial charge in [0.1, 0.15) is 5.82 Å². The molecule has 0 spiro atoms. The monoisotopic (exact) mass is 408 g/mol. The minimum atomic E-state index is -0.213. The van der Waals surface area contributed by atoms with Crippen LogP contribution >= 0.6 is 11.3 Å². The zero-order chi connectivity index (χ0) is 20.2. The third-order valence-electron chi connectivity index (χ3n) is 5.19. The first-order valence-corrected chi connectivity index (χ1v) is 10.7. The highest BCUT2D eigenvalue weighted by atomic mass is 32.1. The first kappa shape index (κ1) is 19.4. The van der Waals surface area contributed by atoms with Crippen LogP contribution in [0, 0.1) is 12.8 Å². The van der Waals surface area contributed by atoms with E-state index in [1.807, 2.05) is 29.6 Å². The number of anilines is 1. The summed E-state index contributed by atoms with van der Waals surface area (Å²) in [6, 6.07) is 13.8. The summed E-state index contributed by atoms with van der Waals surface area (Å²) in [5, 5.41) is 9.27. The first-order valence-electron chi connectivity index (χ1n) is 9.81. The van der Waals surface area contributed by atoms with Crippen molar-refractivity contribution < 1.29 is 9.59 Å². The van der Waals surface area contributed by atoms with Crippen molar-refractivity contribution in [3.63, 3.8) is 0 Å². The van der Waals surface area contributed by atoms with Crippen LogP contribution in [-0.4, -0.2) is 39.6 Å². The van der Waals surface area contributed by atoms with E-state index in [0.717, 1.165) is 23.3 Å². The summed E-state index contributed by atoms with van der Waals surface area (Å²) in [7, 11) is 0. The van der Waals surface area contributed by atoms with Gasteiger partial charge < -0.3 is 10.2 Å². The van der Waals surface area contributed by atoms with Gasteiger partial charge in [-0.3, -0.25) is 9.59 Å². The molecule has 1 saturated heterocycles. The molecule has 1 atom stereocenters. The van der Waals surface area contributed by atoms with Gasteiger partial charge in [-0.15, -0.1) is 11.3 Å². The van der Waals surface area contributed by atoms with Crippen molar-refractivity contribution in [3.05, 3.63) is 70.0 Å². The summed E-state index contributed by atoms with van der Waals surface area (Å²) in [5.74, 6) is 0.426. The summed E-state index contributed by atoms with van der Waals surface area (Å²) in [6.45, 7) is 3.81. The van der Waals surface area contributed by atoms with Crippen molar-refractivity contribution in [3.8, 4) is 0 Å². The van der Waals surface area contributed by atoms with Crippen LogP contribution in [0.4, 0.5) is 5.82 Å². The van der Waals surface area contributed by atoms with Crippen molar-refractivity contribution in [2.75, 3.05) is 18.4 Å². The van der Waals surface area contributed by atoms with Crippen molar-refractivity contribution >= 4 is 29.0 Å². The zero-order valence-corrected chi connectivity index (χ0v) is 17.2. The Balaban J connectivity index is 1.40. The van der Waals surface area contributed by atoms with Crippen molar-refractivity contribution in [1.29, 1.82) is 0 Å². The lowest BCUT2D eigenvalue weighted by molar-refractivity contribution is -0.121. The molecule has 0 radical (unpaired) electrons. The Bertz CT molecular complexity index is 996. The standard InChI is InChI=1S/C22H24N4O2S/c1-16-5-2-6-17(13-16)14-26-20(9-10-23-26)24-21(27)18-7-3-11-25(15-18)22(28)19-8-4-12-29-19/h2,4-6,8-10,12-13,18H,3,7,11,14-15H2,1H3,(H,24,27). The van der Waals surface area contributed by atoms with Crippen LogP contribution in [0.2, 0.25) is 0 Å². The predicted octanol–water partition coefficient (Wildman–Crippen LogP) is 3.79. The number of rotatable bonds is 5. The third-order valence-corrected chi connectivity index (χ3v) is 6.05. The van der Waals surface area contributed by atoms with E-state index in [1.165, 1.54) is 16.9 Å². The minimum absolute atomic E-state index is 0.0157. The number of aryl methyl sites for hydroxylation is 1. The highest BCUT2D eigenvalue weighted by molar-refractivity contribution is 7.12. The van der Waals surface area contributed by atoms with E-state index in [4.69, 9.17) is 0 Å². The quantitative estimate of drug-likeness (QED) is 0.698. The Hall–Kier alpha value is -2.93. The SMILES string of the molecule is Cc1cccc(Cn2nccc2NC(=O)C2CCCN(C(=O)c3cccs3)C2)c1. The van der Waals surface area contributed by atoms with Gasteiger partial charge in [-0.05, 0) is 36.8 Å². The van der Waals surface area contributed by atoms with Crippen LogP contribution in [0.25, 0.3) is 0 Å². The summed E-state index contributed by atoms with van der Waals surface area (Å²) in [6.07, 6.45) is 3.31. The Morgan fingerprint density at radius 2 is 2.14 bits per heavy atom. The predicted molar refractivity (Wildman–Crippen MR) is 114 cm³/mol. The van der Waals surface area contributed by atoms with Gasteiger partial charge in [0.2, 0.25) is 5.91 Å². The number of thiophene rings is 1. The van der Waals surface area contributed by atoms with Gasteiger partial charge in [-0.25, -0.2) is 4.68 Å². The molecule has 1 N–H and O–H groups in total. The van der Waals surface area contributed by atoms with E-state index in [2.05, 4.69) is 35.5 Å². The smallest absolute Gasteiger partial charge is 0.263 e. The second-order valence-corrected chi connectivity index (χ2v) is 8.37. The van der Waals surface area contributed by atoms with E-state index < -0.39 is 0 Å². The van der Waals surface area contributed by atoms with E-state index in [1.54, 1.807) is 15.8 Å². The van der Waals surface area contributed by atoms with Crippen molar-refractivity contribution in [2.24, 2.45) is 5.92 Å². The number of aromatic nitrogens is 2. The lowest BCUT2D eigenvalue weighted by Crippen LogP contribution is -2.43. The molecule has 1 unspecified atom stereocenters. The number of nitrogens with one attached hydrogen (secondary N) is 1. The van der Waals surface area contributed by atoms with Gasteiger partial charge in [0.05, 0.1) is 23.5 Å². The topological polar surface area (TPSA) is 67.2 Å². The number of carbonyl (C=O) groups is 2. The molecule has 2 aromatic heterocycles. The average Bonchev–Trinajstić information content (AvgIpc) is 3.40. The maximum absolute atomic E-state index is 12.9. The highest BCUT2D eigenvalue weighted by Crippen LogP contribution is 2.22. The molecule has 0 saturated carbocycles. The van der Waals surface area contributed by atoms with Gasteiger partial charge in [-0.2, -0.15) is 5.10 Å². The molecule has 1 fully saturated rings. The lowest BCUT2D eigenvalue weighted by Gasteiger charge is -2.31. The van der Waals surface area contributed by atoms with Crippen LogP contribution in [-0.2, 0) is 11.3 Å². The number of likely N-dealkylation sites (tertiary alicyclic amines) is 1. The second kappa shape index (κ2) is 8.61. The summed E-state index contributed by atoms with van der Waals surface area (Å²) in [5.41, 5.74) is 2.33. The Morgan fingerprint density at radius 3 is 2.93 bits per heavy atom. The molecule has 1 aliphatic heterocycles. The molecule has 3 aromatic rings. The van der Waals surface area contributed by atoms with Crippen LogP contribution < -0.4 is 5.32 Å². The van der Waals surface area contributed by atoms with E-state index in [9.17, 15) is 9.59 Å². The lowest BCUT2D eigenvalue weighted by atomic mass is 9.97. The fraction of sp³-hybridized carbons (Fsp3) is 0.318. The number of benzene rings is 1. The van der Waals surface area contributed by atoms with Crippen LogP contribution in [0.5, 0.6) is 0 Å². The van der Waals surface area contributed by atoms with E-state index in [-0.39, 0.29) is 17.7 Å². The summed E-state index contributed by atoms with van der Waals surface area (Å²) in [4.78, 5) is 28.0. The molecule has 4 rings (SSSR count). The molecule has 7 heteroatoms. The number of nitrogens with zero attached hydrogens (tertiary/aromatic N) is 3. The average molecular weight is 409 g/mol. The van der Waals surface area contributed by atoms with Gasteiger partial charge in [-0.1, -0.05) is 35.9 Å². The molecule has 1 aliphatic rings.